The fourth-order valence-corrected chi connectivity index (χ4v) is 4.89. The molecule has 0 spiro atoms. The molecule has 0 N–H and O–H groups in total. The zero-order chi connectivity index (χ0) is 18.7. The molecule has 5 nitrogen and oxygen atoms in total. The average molecular weight is 426 g/mol. The van der Waals surface area contributed by atoms with Gasteiger partial charge < -0.3 is 4.90 Å². The summed E-state index contributed by atoms with van der Waals surface area (Å²) in [4.78, 5) is 4.74. The maximum absolute atomic E-state index is 14.5. The molecule has 4 heterocycles. The lowest BCUT2D eigenvalue weighted by atomic mass is 10.0. The minimum absolute atomic E-state index is 0.276. The highest BCUT2D eigenvalue weighted by Crippen LogP contribution is 2.41. The Morgan fingerprint density at radius 1 is 1.26 bits per heavy atom. The van der Waals surface area contributed by atoms with Crippen LogP contribution < -0.4 is 4.90 Å². The van der Waals surface area contributed by atoms with Gasteiger partial charge >= 0.3 is 0 Å². The molecule has 2 aliphatic rings. The second kappa shape index (κ2) is 6.04. The fraction of sp³-hybridized carbons (Fsp3) is 0.300. The number of nitriles is 1. The maximum Gasteiger partial charge on any atom is 0.171 e. The molecule has 0 radical (unpaired) electrons. The van der Waals surface area contributed by atoms with E-state index in [-0.39, 0.29) is 6.04 Å². The molecule has 27 heavy (non-hydrogen) atoms. The monoisotopic (exact) mass is 425 g/mol. The third-order valence-corrected chi connectivity index (χ3v) is 6.20. The molecule has 0 saturated carbocycles. The van der Waals surface area contributed by atoms with Crippen molar-refractivity contribution in [3.63, 3.8) is 0 Å². The highest BCUT2D eigenvalue weighted by Gasteiger charge is 2.39. The maximum atomic E-state index is 14.5. The SMILES string of the molecule is C[C@@H]1CN(c2ccc(C#N)n3ncc(F)c23)C[C@@H]2c3ccc(Br)cc3CN12. The van der Waals surface area contributed by atoms with Crippen LogP contribution in [0.25, 0.3) is 5.52 Å². The number of benzene rings is 1. The van der Waals surface area contributed by atoms with Gasteiger partial charge in [-0.1, -0.05) is 22.0 Å². The van der Waals surface area contributed by atoms with Gasteiger partial charge in [0, 0.05) is 30.1 Å². The third kappa shape index (κ3) is 2.47. The first-order chi connectivity index (χ1) is 13.1. The van der Waals surface area contributed by atoms with Crippen LogP contribution in [0.1, 0.15) is 29.8 Å². The number of fused-ring (bicyclic) bond motifs is 4. The Hall–Kier alpha value is -2.43. The lowest BCUT2D eigenvalue weighted by molar-refractivity contribution is 0.134. The zero-order valence-electron chi connectivity index (χ0n) is 14.7. The molecule has 136 valence electrons. The highest BCUT2D eigenvalue weighted by atomic mass is 79.9. The van der Waals surface area contributed by atoms with Crippen molar-refractivity contribution in [1.29, 1.82) is 5.26 Å². The van der Waals surface area contributed by atoms with Crippen LogP contribution in [-0.4, -0.2) is 33.6 Å². The largest absolute Gasteiger partial charge is 0.366 e. The van der Waals surface area contributed by atoms with Gasteiger partial charge in [-0.2, -0.15) is 10.4 Å². The van der Waals surface area contributed by atoms with Crippen LogP contribution >= 0.6 is 15.9 Å². The van der Waals surface area contributed by atoms with Crippen LogP contribution in [0, 0.1) is 17.1 Å². The summed E-state index contributed by atoms with van der Waals surface area (Å²) in [6.45, 7) is 4.74. The molecule has 5 rings (SSSR count). The van der Waals surface area contributed by atoms with Gasteiger partial charge in [-0.25, -0.2) is 8.91 Å². The van der Waals surface area contributed by atoms with E-state index in [1.54, 1.807) is 6.07 Å². The number of pyridine rings is 1. The highest BCUT2D eigenvalue weighted by molar-refractivity contribution is 9.10. The van der Waals surface area contributed by atoms with Crippen molar-refractivity contribution in [2.75, 3.05) is 18.0 Å². The molecule has 1 aromatic carbocycles. The van der Waals surface area contributed by atoms with E-state index in [0.717, 1.165) is 29.8 Å². The van der Waals surface area contributed by atoms with Gasteiger partial charge in [0.1, 0.15) is 17.3 Å². The van der Waals surface area contributed by atoms with Crippen LogP contribution in [0.15, 0.2) is 41.0 Å². The van der Waals surface area contributed by atoms with Crippen LogP contribution in [0.4, 0.5) is 10.1 Å². The Balaban J connectivity index is 1.58. The van der Waals surface area contributed by atoms with Crippen LogP contribution in [-0.2, 0) is 6.54 Å². The van der Waals surface area contributed by atoms with Gasteiger partial charge in [0.05, 0.1) is 17.9 Å². The second-order valence-electron chi connectivity index (χ2n) is 7.25. The first kappa shape index (κ1) is 16.7. The lowest BCUT2D eigenvalue weighted by Gasteiger charge is -2.43. The van der Waals surface area contributed by atoms with Crippen molar-refractivity contribution >= 4 is 27.1 Å². The molecule has 1 saturated heterocycles. The van der Waals surface area contributed by atoms with Gasteiger partial charge in [0.25, 0.3) is 0 Å². The smallest absolute Gasteiger partial charge is 0.171 e. The Morgan fingerprint density at radius 3 is 2.93 bits per heavy atom. The number of hydrogen-bond donors (Lipinski definition) is 0. The van der Waals surface area contributed by atoms with E-state index >= 15 is 0 Å². The Labute approximate surface area is 164 Å². The summed E-state index contributed by atoms with van der Waals surface area (Å²) in [5, 5.41) is 13.3. The number of rotatable bonds is 1. The summed E-state index contributed by atoms with van der Waals surface area (Å²) in [5.74, 6) is -0.395. The minimum Gasteiger partial charge on any atom is -0.366 e. The van der Waals surface area contributed by atoms with E-state index in [0.29, 0.717) is 17.3 Å². The van der Waals surface area contributed by atoms with Crippen LogP contribution in [0.5, 0.6) is 0 Å². The van der Waals surface area contributed by atoms with Crippen LogP contribution in [0.3, 0.4) is 0 Å². The number of piperazine rings is 1. The van der Waals surface area contributed by atoms with E-state index in [1.165, 1.54) is 21.8 Å². The number of aromatic nitrogens is 2. The van der Waals surface area contributed by atoms with Gasteiger partial charge in [0.2, 0.25) is 0 Å². The summed E-state index contributed by atoms with van der Waals surface area (Å²) < 4.78 is 17.0. The van der Waals surface area contributed by atoms with Crippen molar-refractivity contribution in [3.8, 4) is 6.07 Å². The summed E-state index contributed by atoms with van der Waals surface area (Å²) in [6.07, 6.45) is 1.18. The Kier molecular flexibility index (Phi) is 3.74. The Bertz CT molecular complexity index is 1100. The number of hydrogen-bond acceptors (Lipinski definition) is 4. The van der Waals surface area contributed by atoms with Gasteiger partial charge in [0.15, 0.2) is 5.82 Å². The lowest BCUT2D eigenvalue weighted by Crippen LogP contribution is -2.51. The Morgan fingerprint density at radius 2 is 2.11 bits per heavy atom. The molecular formula is C20H17BrFN5. The molecular weight excluding hydrogens is 409 g/mol. The summed E-state index contributed by atoms with van der Waals surface area (Å²) in [5.41, 5.74) is 4.20. The predicted molar refractivity (Wildman–Crippen MR) is 104 cm³/mol. The molecule has 2 aromatic heterocycles. The molecule has 0 unspecified atom stereocenters. The first-order valence-corrected chi connectivity index (χ1v) is 9.71. The normalized spacial score (nSPS) is 21.9. The summed E-state index contributed by atoms with van der Waals surface area (Å²) in [6, 6.07) is 12.7. The quantitative estimate of drug-likeness (QED) is 0.593. The third-order valence-electron chi connectivity index (χ3n) is 5.71. The first-order valence-electron chi connectivity index (χ1n) is 8.92. The van der Waals surface area contributed by atoms with E-state index in [2.05, 4.69) is 62.0 Å². The molecule has 0 amide bonds. The molecule has 2 aliphatic heterocycles. The molecule has 0 aliphatic carbocycles. The molecule has 3 aromatic rings. The van der Waals surface area contributed by atoms with Crippen molar-refractivity contribution in [2.24, 2.45) is 0 Å². The number of anilines is 1. The average Bonchev–Trinajstić information content (AvgIpc) is 3.22. The van der Waals surface area contributed by atoms with E-state index in [9.17, 15) is 9.65 Å². The van der Waals surface area contributed by atoms with Gasteiger partial charge in [-0.05, 0) is 42.3 Å². The molecule has 7 heteroatoms. The van der Waals surface area contributed by atoms with Gasteiger partial charge in [-0.15, -0.1) is 0 Å². The van der Waals surface area contributed by atoms with Crippen molar-refractivity contribution in [2.45, 2.75) is 25.6 Å². The fourth-order valence-electron chi connectivity index (χ4n) is 4.48. The molecule has 2 atom stereocenters. The topological polar surface area (TPSA) is 47.6 Å². The number of nitrogens with zero attached hydrogens (tertiary/aromatic N) is 5. The molecule has 1 fully saturated rings. The minimum atomic E-state index is -0.395. The summed E-state index contributed by atoms with van der Waals surface area (Å²) >= 11 is 3.57. The van der Waals surface area contributed by atoms with Crippen molar-refractivity contribution in [3.05, 3.63) is 63.6 Å². The second-order valence-corrected chi connectivity index (χ2v) is 8.17. The summed E-state index contributed by atoms with van der Waals surface area (Å²) in [7, 11) is 0. The van der Waals surface area contributed by atoms with Gasteiger partial charge in [-0.3, -0.25) is 4.90 Å². The van der Waals surface area contributed by atoms with E-state index in [1.807, 2.05) is 6.07 Å². The van der Waals surface area contributed by atoms with Crippen molar-refractivity contribution in [1.82, 2.24) is 14.5 Å². The van der Waals surface area contributed by atoms with Crippen LogP contribution in [0.2, 0.25) is 0 Å². The van der Waals surface area contributed by atoms with E-state index in [4.69, 9.17) is 0 Å². The number of halogens is 2. The predicted octanol–water partition coefficient (Wildman–Crippen LogP) is 3.87. The molecule has 0 bridgehead atoms. The van der Waals surface area contributed by atoms with E-state index < -0.39 is 5.82 Å². The van der Waals surface area contributed by atoms with Crippen molar-refractivity contribution < 1.29 is 4.39 Å². The zero-order valence-corrected chi connectivity index (χ0v) is 16.3. The standard InChI is InChI=1S/C20H17BrFN5/c1-12-9-25(11-19-16-4-2-14(21)6-13(16)10-26(12)19)18-5-3-15(7-23)27-20(18)17(22)8-24-27/h2-6,8,12,19H,9-11H2,1H3/t12-,19-/m1/s1.